The molecular formula is C13H11FN4O2S. The van der Waals surface area contributed by atoms with Gasteiger partial charge >= 0.3 is 0 Å². The maximum Gasteiger partial charge on any atom is 0.243 e. The molecule has 108 valence electrons. The van der Waals surface area contributed by atoms with E-state index in [1.807, 2.05) is 0 Å². The van der Waals surface area contributed by atoms with E-state index in [4.69, 9.17) is 0 Å². The molecule has 0 bridgehead atoms. The monoisotopic (exact) mass is 306 g/mol. The smallest absolute Gasteiger partial charge is 0.243 e. The lowest BCUT2D eigenvalue weighted by molar-refractivity contribution is 0.555. The first-order chi connectivity index (χ1) is 10.1. The van der Waals surface area contributed by atoms with Crippen LogP contribution in [0, 0.1) is 5.82 Å². The van der Waals surface area contributed by atoms with E-state index in [0.29, 0.717) is 11.5 Å². The molecule has 0 spiro atoms. The molecule has 0 fully saturated rings. The van der Waals surface area contributed by atoms with E-state index in [0.717, 1.165) is 6.07 Å². The van der Waals surface area contributed by atoms with Crippen LogP contribution in [-0.4, -0.2) is 23.0 Å². The lowest BCUT2D eigenvalue weighted by Gasteiger charge is -2.06. The average Bonchev–Trinajstić information content (AvgIpc) is 2.89. The first-order valence-electron chi connectivity index (χ1n) is 6.11. The SMILES string of the molecule is O=S(=O)(NCc1nnc2ccccn12)c1ccccc1F. The molecule has 1 aromatic carbocycles. The normalized spacial score (nSPS) is 11.9. The third kappa shape index (κ3) is 2.63. The number of benzene rings is 1. The molecule has 21 heavy (non-hydrogen) atoms. The highest BCUT2D eigenvalue weighted by atomic mass is 32.2. The number of nitrogens with zero attached hydrogens (tertiary/aromatic N) is 3. The van der Waals surface area contributed by atoms with Crippen LogP contribution in [-0.2, 0) is 16.6 Å². The Kier molecular flexibility index (Phi) is 3.40. The van der Waals surface area contributed by atoms with Crippen molar-refractivity contribution in [2.75, 3.05) is 0 Å². The van der Waals surface area contributed by atoms with E-state index in [9.17, 15) is 12.8 Å². The van der Waals surface area contributed by atoms with Crippen molar-refractivity contribution in [3.8, 4) is 0 Å². The van der Waals surface area contributed by atoms with Gasteiger partial charge in [0.05, 0.1) is 6.54 Å². The van der Waals surface area contributed by atoms with Gasteiger partial charge in [-0.2, -0.15) is 0 Å². The summed E-state index contributed by atoms with van der Waals surface area (Å²) in [5, 5.41) is 7.82. The number of rotatable bonds is 4. The number of sulfonamides is 1. The molecule has 6 nitrogen and oxygen atoms in total. The number of hydrogen-bond donors (Lipinski definition) is 1. The second kappa shape index (κ2) is 5.23. The number of fused-ring (bicyclic) bond motifs is 1. The minimum Gasteiger partial charge on any atom is -0.285 e. The Balaban J connectivity index is 1.86. The Morgan fingerprint density at radius 1 is 1.10 bits per heavy atom. The van der Waals surface area contributed by atoms with Gasteiger partial charge in [-0.25, -0.2) is 17.5 Å². The van der Waals surface area contributed by atoms with Crippen molar-refractivity contribution in [3.05, 3.63) is 60.3 Å². The fourth-order valence-electron chi connectivity index (χ4n) is 1.91. The van der Waals surface area contributed by atoms with Gasteiger partial charge in [0.2, 0.25) is 10.0 Å². The van der Waals surface area contributed by atoms with Gasteiger partial charge in [0, 0.05) is 6.20 Å². The van der Waals surface area contributed by atoms with Crippen molar-refractivity contribution < 1.29 is 12.8 Å². The molecule has 0 radical (unpaired) electrons. The molecule has 0 atom stereocenters. The van der Waals surface area contributed by atoms with E-state index in [1.54, 1.807) is 28.8 Å². The Morgan fingerprint density at radius 2 is 1.86 bits per heavy atom. The third-order valence-electron chi connectivity index (χ3n) is 2.93. The van der Waals surface area contributed by atoms with Crippen LogP contribution in [0.2, 0.25) is 0 Å². The van der Waals surface area contributed by atoms with Crippen molar-refractivity contribution in [3.63, 3.8) is 0 Å². The molecule has 0 saturated heterocycles. The second-order valence-corrected chi connectivity index (χ2v) is 6.04. The molecule has 1 N–H and O–H groups in total. The van der Waals surface area contributed by atoms with Crippen LogP contribution >= 0.6 is 0 Å². The van der Waals surface area contributed by atoms with Gasteiger partial charge in [0.15, 0.2) is 11.5 Å². The minimum atomic E-state index is -3.94. The highest BCUT2D eigenvalue weighted by Crippen LogP contribution is 2.13. The fourth-order valence-corrected chi connectivity index (χ4v) is 2.97. The Morgan fingerprint density at radius 3 is 2.67 bits per heavy atom. The average molecular weight is 306 g/mol. The lowest BCUT2D eigenvalue weighted by atomic mass is 10.4. The molecule has 2 heterocycles. The molecular weight excluding hydrogens is 295 g/mol. The first kappa shape index (κ1) is 13.7. The van der Waals surface area contributed by atoms with Crippen molar-refractivity contribution in [1.29, 1.82) is 0 Å². The summed E-state index contributed by atoms with van der Waals surface area (Å²) in [5.41, 5.74) is 0.609. The van der Waals surface area contributed by atoms with Crippen molar-refractivity contribution >= 4 is 15.7 Å². The van der Waals surface area contributed by atoms with Crippen LogP contribution in [0.5, 0.6) is 0 Å². The summed E-state index contributed by atoms with van der Waals surface area (Å²) in [4.78, 5) is -0.390. The van der Waals surface area contributed by atoms with E-state index >= 15 is 0 Å². The number of aromatic nitrogens is 3. The predicted octanol–water partition coefficient (Wildman–Crippen LogP) is 1.35. The zero-order chi connectivity index (χ0) is 14.9. The Labute approximate surface area is 120 Å². The summed E-state index contributed by atoms with van der Waals surface area (Å²) in [6, 6.07) is 10.5. The Hall–Kier alpha value is -2.32. The van der Waals surface area contributed by atoms with Gasteiger partial charge in [0.1, 0.15) is 10.7 Å². The zero-order valence-corrected chi connectivity index (χ0v) is 11.6. The number of pyridine rings is 1. The summed E-state index contributed by atoms with van der Waals surface area (Å²) in [6.45, 7) is -0.0815. The van der Waals surface area contributed by atoms with Gasteiger partial charge < -0.3 is 0 Å². The van der Waals surface area contributed by atoms with E-state index in [-0.39, 0.29) is 11.4 Å². The highest BCUT2D eigenvalue weighted by molar-refractivity contribution is 7.89. The number of halogens is 1. The van der Waals surface area contributed by atoms with E-state index < -0.39 is 15.8 Å². The maximum absolute atomic E-state index is 13.6. The predicted molar refractivity (Wildman–Crippen MR) is 73.4 cm³/mol. The van der Waals surface area contributed by atoms with Gasteiger partial charge in [-0.1, -0.05) is 18.2 Å². The second-order valence-electron chi connectivity index (χ2n) is 4.30. The first-order valence-corrected chi connectivity index (χ1v) is 7.59. The van der Waals surface area contributed by atoms with Crippen LogP contribution in [0.25, 0.3) is 5.65 Å². The number of hydrogen-bond acceptors (Lipinski definition) is 4. The van der Waals surface area contributed by atoms with Crippen LogP contribution < -0.4 is 4.72 Å². The van der Waals surface area contributed by atoms with Crippen LogP contribution in [0.3, 0.4) is 0 Å². The lowest BCUT2D eigenvalue weighted by Crippen LogP contribution is -2.25. The van der Waals surface area contributed by atoms with E-state index in [2.05, 4.69) is 14.9 Å². The quantitative estimate of drug-likeness (QED) is 0.789. The standard InChI is InChI=1S/C13H11FN4O2S/c14-10-5-1-2-6-11(10)21(19,20)15-9-13-17-16-12-7-3-4-8-18(12)13/h1-8,15H,9H2. The molecule has 3 aromatic rings. The van der Waals surface area contributed by atoms with Crippen LogP contribution in [0.15, 0.2) is 53.6 Å². The van der Waals surface area contributed by atoms with Crippen LogP contribution in [0.1, 0.15) is 5.82 Å². The van der Waals surface area contributed by atoms with Gasteiger partial charge in [-0.05, 0) is 24.3 Å². The largest absolute Gasteiger partial charge is 0.285 e. The maximum atomic E-state index is 13.6. The summed E-state index contributed by atoms with van der Waals surface area (Å²) in [6.07, 6.45) is 1.72. The van der Waals surface area contributed by atoms with Crippen molar-refractivity contribution in [2.24, 2.45) is 0 Å². The van der Waals surface area contributed by atoms with Crippen molar-refractivity contribution in [1.82, 2.24) is 19.3 Å². The molecule has 2 aromatic heterocycles. The summed E-state index contributed by atoms with van der Waals surface area (Å²) >= 11 is 0. The fraction of sp³-hybridized carbons (Fsp3) is 0.0769. The molecule has 8 heteroatoms. The molecule has 0 aliphatic carbocycles. The minimum absolute atomic E-state index is 0.0815. The third-order valence-corrected chi connectivity index (χ3v) is 4.37. The topological polar surface area (TPSA) is 76.4 Å². The van der Waals surface area contributed by atoms with Crippen molar-refractivity contribution in [2.45, 2.75) is 11.4 Å². The molecule has 0 aliphatic heterocycles. The van der Waals surface area contributed by atoms with Gasteiger partial charge in [-0.3, -0.25) is 4.40 Å². The molecule has 0 aliphatic rings. The van der Waals surface area contributed by atoms with Crippen LogP contribution in [0.4, 0.5) is 4.39 Å². The van der Waals surface area contributed by atoms with Gasteiger partial charge in [-0.15, -0.1) is 10.2 Å². The molecule has 0 saturated carbocycles. The zero-order valence-electron chi connectivity index (χ0n) is 10.8. The summed E-state index contributed by atoms with van der Waals surface area (Å²) in [7, 11) is -3.94. The number of nitrogens with one attached hydrogen (secondary N) is 1. The molecule has 0 amide bonds. The molecule has 0 unspecified atom stereocenters. The Bertz CT molecular complexity index is 892. The van der Waals surface area contributed by atoms with Gasteiger partial charge in [0.25, 0.3) is 0 Å². The highest BCUT2D eigenvalue weighted by Gasteiger charge is 2.19. The van der Waals surface area contributed by atoms with E-state index in [1.165, 1.54) is 18.2 Å². The molecule has 3 rings (SSSR count). The summed E-state index contributed by atoms with van der Waals surface area (Å²) in [5.74, 6) is -0.374. The summed E-state index contributed by atoms with van der Waals surface area (Å²) < 4.78 is 41.7.